The monoisotopic (exact) mass is 251 g/mol. The highest BCUT2D eigenvalue weighted by molar-refractivity contribution is 7.90. The van der Waals surface area contributed by atoms with Crippen LogP contribution < -0.4 is 0 Å². The molecule has 5 heteroatoms. The lowest BCUT2D eigenvalue weighted by Gasteiger charge is -2.09. The van der Waals surface area contributed by atoms with Crippen molar-refractivity contribution in [3.63, 3.8) is 0 Å². The summed E-state index contributed by atoms with van der Waals surface area (Å²) < 4.78 is 22.6. The summed E-state index contributed by atoms with van der Waals surface area (Å²) in [6.07, 6.45) is 3.85. The Morgan fingerprint density at radius 3 is 2.24 bits per heavy atom. The number of aliphatic hydroxyl groups is 1. The molecule has 0 saturated heterocycles. The maximum Gasteiger partial charge on any atom is 0.175 e. The summed E-state index contributed by atoms with van der Waals surface area (Å²) in [6, 6.07) is 8.01. The molecule has 17 heavy (non-hydrogen) atoms. The van der Waals surface area contributed by atoms with E-state index in [-0.39, 0.29) is 4.90 Å². The zero-order valence-electron chi connectivity index (χ0n) is 9.29. The first-order valence-electron chi connectivity index (χ1n) is 5.09. The van der Waals surface area contributed by atoms with Gasteiger partial charge in [-0.25, -0.2) is 8.42 Å². The van der Waals surface area contributed by atoms with Gasteiger partial charge in [-0.05, 0) is 23.8 Å². The average molecular weight is 251 g/mol. The minimum atomic E-state index is -3.19. The number of aromatic amines is 1. The number of rotatable bonds is 3. The third-order valence-electron chi connectivity index (χ3n) is 2.56. The van der Waals surface area contributed by atoms with E-state index < -0.39 is 15.9 Å². The predicted molar refractivity (Wildman–Crippen MR) is 64.4 cm³/mol. The van der Waals surface area contributed by atoms with E-state index in [1.165, 1.54) is 12.1 Å². The van der Waals surface area contributed by atoms with Crippen LogP contribution in [-0.4, -0.2) is 24.8 Å². The van der Waals surface area contributed by atoms with Gasteiger partial charge in [0.2, 0.25) is 0 Å². The van der Waals surface area contributed by atoms with Gasteiger partial charge in [-0.15, -0.1) is 0 Å². The van der Waals surface area contributed by atoms with E-state index in [9.17, 15) is 13.5 Å². The molecule has 2 aromatic rings. The second-order valence-corrected chi connectivity index (χ2v) is 5.90. The van der Waals surface area contributed by atoms with E-state index in [2.05, 4.69) is 4.98 Å². The van der Waals surface area contributed by atoms with E-state index in [0.29, 0.717) is 5.56 Å². The predicted octanol–water partition coefficient (Wildman–Crippen LogP) is 1.50. The lowest BCUT2D eigenvalue weighted by Crippen LogP contribution is -2.00. The van der Waals surface area contributed by atoms with E-state index >= 15 is 0 Å². The fourth-order valence-corrected chi connectivity index (χ4v) is 2.23. The molecule has 0 aliphatic rings. The minimum Gasteiger partial charge on any atom is -0.384 e. The van der Waals surface area contributed by atoms with Gasteiger partial charge >= 0.3 is 0 Å². The Morgan fingerprint density at radius 2 is 1.76 bits per heavy atom. The molecule has 4 nitrogen and oxygen atoms in total. The molecular formula is C12H13NO3S. The largest absolute Gasteiger partial charge is 0.384 e. The third kappa shape index (κ3) is 2.57. The Morgan fingerprint density at radius 1 is 1.12 bits per heavy atom. The fraction of sp³-hybridized carbons (Fsp3) is 0.167. The Labute approximate surface area is 99.8 Å². The van der Waals surface area contributed by atoms with Crippen molar-refractivity contribution in [2.24, 2.45) is 0 Å². The van der Waals surface area contributed by atoms with E-state index in [1.54, 1.807) is 30.6 Å². The number of benzene rings is 1. The molecule has 1 aromatic heterocycles. The van der Waals surface area contributed by atoms with Crippen LogP contribution in [0.15, 0.2) is 47.6 Å². The van der Waals surface area contributed by atoms with Crippen molar-refractivity contribution >= 4 is 9.84 Å². The second-order valence-electron chi connectivity index (χ2n) is 3.89. The molecule has 0 radical (unpaired) electrons. The summed E-state index contributed by atoms with van der Waals surface area (Å²) in [4.78, 5) is 3.11. The molecule has 0 amide bonds. The molecule has 2 rings (SSSR count). The van der Waals surface area contributed by atoms with Crippen LogP contribution in [0.1, 0.15) is 17.2 Å². The van der Waals surface area contributed by atoms with Gasteiger partial charge in [-0.2, -0.15) is 0 Å². The lowest BCUT2D eigenvalue weighted by atomic mass is 10.0. The average Bonchev–Trinajstić information content (AvgIpc) is 2.80. The second kappa shape index (κ2) is 4.35. The zero-order chi connectivity index (χ0) is 12.5. The van der Waals surface area contributed by atoms with Gasteiger partial charge in [-0.1, -0.05) is 12.1 Å². The molecule has 90 valence electrons. The SMILES string of the molecule is CS(=O)(=O)c1ccc(C(O)c2cc[nH]c2)cc1. The van der Waals surface area contributed by atoms with Crippen molar-refractivity contribution in [1.82, 2.24) is 4.98 Å². The van der Waals surface area contributed by atoms with Crippen molar-refractivity contribution in [3.05, 3.63) is 53.9 Å². The topological polar surface area (TPSA) is 70.2 Å². The van der Waals surface area contributed by atoms with Gasteiger partial charge in [0, 0.05) is 24.2 Å². The normalized spacial score (nSPS) is 13.5. The van der Waals surface area contributed by atoms with Crippen LogP contribution in [0.5, 0.6) is 0 Å². The number of nitrogens with one attached hydrogen (secondary N) is 1. The number of aromatic nitrogens is 1. The van der Waals surface area contributed by atoms with Crippen LogP contribution in [-0.2, 0) is 9.84 Å². The first-order valence-corrected chi connectivity index (χ1v) is 6.98. The number of aliphatic hydroxyl groups excluding tert-OH is 1. The quantitative estimate of drug-likeness (QED) is 0.868. The number of hydrogen-bond acceptors (Lipinski definition) is 3. The number of hydrogen-bond donors (Lipinski definition) is 2. The van der Waals surface area contributed by atoms with Crippen molar-refractivity contribution in [2.45, 2.75) is 11.0 Å². The number of H-pyrrole nitrogens is 1. The highest BCUT2D eigenvalue weighted by Crippen LogP contribution is 2.22. The molecule has 1 atom stereocenters. The third-order valence-corrected chi connectivity index (χ3v) is 3.69. The van der Waals surface area contributed by atoms with Gasteiger partial charge in [0.05, 0.1) is 4.90 Å². The summed E-state index contributed by atoms with van der Waals surface area (Å²) in [5.74, 6) is 0. The van der Waals surface area contributed by atoms with Crippen LogP contribution in [0.25, 0.3) is 0 Å². The van der Waals surface area contributed by atoms with Crippen molar-refractivity contribution in [1.29, 1.82) is 0 Å². The first kappa shape index (κ1) is 11.9. The Hall–Kier alpha value is -1.59. The van der Waals surface area contributed by atoms with Gasteiger partial charge < -0.3 is 10.1 Å². The molecule has 1 heterocycles. The van der Waals surface area contributed by atoms with Crippen LogP contribution in [0.3, 0.4) is 0 Å². The van der Waals surface area contributed by atoms with Crippen LogP contribution in [0.2, 0.25) is 0 Å². The molecule has 1 aromatic carbocycles. The Bertz CT molecular complexity index is 585. The maximum atomic E-state index is 11.3. The molecule has 0 bridgehead atoms. The van der Waals surface area contributed by atoms with E-state index in [0.717, 1.165) is 11.8 Å². The van der Waals surface area contributed by atoms with Crippen molar-refractivity contribution in [3.8, 4) is 0 Å². The molecule has 0 fully saturated rings. The molecule has 0 aliphatic heterocycles. The molecular weight excluding hydrogens is 238 g/mol. The van der Waals surface area contributed by atoms with Crippen LogP contribution in [0.4, 0.5) is 0 Å². The molecule has 0 aliphatic carbocycles. The van der Waals surface area contributed by atoms with Gasteiger partial charge in [-0.3, -0.25) is 0 Å². The summed E-state index contributed by atoms with van der Waals surface area (Å²) in [7, 11) is -3.19. The summed E-state index contributed by atoms with van der Waals surface area (Å²) in [5.41, 5.74) is 1.41. The van der Waals surface area contributed by atoms with Gasteiger partial charge in [0.15, 0.2) is 9.84 Å². The highest BCUT2D eigenvalue weighted by Gasteiger charge is 2.12. The number of sulfone groups is 1. The maximum absolute atomic E-state index is 11.3. The molecule has 1 unspecified atom stereocenters. The van der Waals surface area contributed by atoms with Crippen LogP contribution >= 0.6 is 0 Å². The lowest BCUT2D eigenvalue weighted by molar-refractivity contribution is 0.220. The van der Waals surface area contributed by atoms with Gasteiger partial charge in [0.25, 0.3) is 0 Å². The standard InChI is InChI=1S/C12H13NO3S/c1-17(15,16)11-4-2-9(3-5-11)12(14)10-6-7-13-8-10/h2-8,12-14H,1H3. The minimum absolute atomic E-state index is 0.252. The van der Waals surface area contributed by atoms with Crippen molar-refractivity contribution in [2.75, 3.05) is 6.26 Å². The Balaban J connectivity index is 2.30. The highest BCUT2D eigenvalue weighted by atomic mass is 32.2. The fourth-order valence-electron chi connectivity index (χ4n) is 1.60. The van der Waals surface area contributed by atoms with Crippen molar-refractivity contribution < 1.29 is 13.5 Å². The first-order chi connectivity index (χ1) is 7.98. The summed E-state index contributed by atoms with van der Waals surface area (Å²) in [6.45, 7) is 0. The molecule has 0 saturated carbocycles. The van der Waals surface area contributed by atoms with Gasteiger partial charge in [0.1, 0.15) is 6.10 Å². The summed E-state index contributed by atoms with van der Waals surface area (Å²) >= 11 is 0. The smallest absolute Gasteiger partial charge is 0.175 e. The molecule has 0 spiro atoms. The zero-order valence-corrected chi connectivity index (χ0v) is 10.1. The van der Waals surface area contributed by atoms with E-state index in [1.807, 2.05) is 0 Å². The summed E-state index contributed by atoms with van der Waals surface area (Å²) in [5, 5.41) is 10.0. The molecule has 2 N–H and O–H groups in total. The van der Waals surface area contributed by atoms with E-state index in [4.69, 9.17) is 0 Å². The van der Waals surface area contributed by atoms with Crippen LogP contribution in [0, 0.1) is 0 Å². The Kier molecular flexibility index (Phi) is 3.04.